The van der Waals surface area contributed by atoms with Gasteiger partial charge in [-0.1, -0.05) is 36.0 Å². The summed E-state index contributed by atoms with van der Waals surface area (Å²) in [5, 5.41) is 14.8. The van der Waals surface area contributed by atoms with E-state index in [4.69, 9.17) is 28.5 Å². The lowest BCUT2D eigenvalue weighted by atomic mass is 9.83. The van der Waals surface area contributed by atoms with Gasteiger partial charge in [-0.05, 0) is 31.0 Å². The quantitative estimate of drug-likeness (QED) is 0.816. The molecule has 1 aromatic carbocycles. The van der Waals surface area contributed by atoms with Crippen LogP contribution in [0.2, 0.25) is 10.0 Å². The predicted molar refractivity (Wildman–Crippen MR) is 88.3 cm³/mol. The van der Waals surface area contributed by atoms with E-state index in [-0.39, 0.29) is 30.3 Å². The molecule has 23 heavy (non-hydrogen) atoms. The first-order valence-corrected chi connectivity index (χ1v) is 8.18. The molecule has 5 nitrogen and oxygen atoms in total. The molecular weight excluding hydrogens is 337 g/mol. The summed E-state index contributed by atoms with van der Waals surface area (Å²) in [5.74, 6) is -0.823. The van der Waals surface area contributed by atoms with Crippen LogP contribution in [0.3, 0.4) is 0 Å². The standard InChI is InChI=1S/C16H17Cl2N3O2/c17-11-7-10(8-12(18)9-11)15(22)21-14-4-2-1-3-13(14)16(23)20-6-5-19/h7-9,13-14H,1-4,6H2,(H,20,23)(H,21,22). The molecule has 0 saturated heterocycles. The normalized spacial score (nSPS) is 20.4. The SMILES string of the molecule is N#CCNC(=O)C1CCCCC1NC(=O)c1cc(Cl)cc(Cl)c1. The van der Waals surface area contributed by atoms with E-state index in [0.717, 1.165) is 19.3 Å². The molecule has 2 atom stereocenters. The van der Waals surface area contributed by atoms with E-state index in [1.165, 1.54) is 12.1 Å². The minimum Gasteiger partial charge on any atom is -0.349 e. The maximum absolute atomic E-state index is 12.4. The summed E-state index contributed by atoms with van der Waals surface area (Å²) >= 11 is 11.8. The first-order valence-electron chi connectivity index (χ1n) is 7.43. The minimum atomic E-state index is -0.323. The fourth-order valence-electron chi connectivity index (χ4n) is 2.81. The number of rotatable bonds is 4. The number of halogens is 2. The molecule has 1 aliphatic carbocycles. The lowest BCUT2D eigenvalue weighted by Gasteiger charge is -2.31. The van der Waals surface area contributed by atoms with Crippen molar-refractivity contribution < 1.29 is 9.59 Å². The smallest absolute Gasteiger partial charge is 0.251 e. The molecular formula is C16H17Cl2N3O2. The Balaban J connectivity index is 2.07. The zero-order chi connectivity index (χ0) is 16.8. The van der Waals surface area contributed by atoms with Crippen molar-refractivity contribution in [2.24, 2.45) is 5.92 Å². The van der Waals surface area contributed by atoms with Crippen molar-refractivity contribution >= 4 is 35.0 Å². The molecule has 2 N–H and O–H groups in total. The first-order chi connectivity index (χ1) is 11.0. The predicted octanol–water partition coefficient (Wildman–Crippen LogP) is 2.92. The number of nitriles is 1. The molecule has 7 heteroatoms. The molecule has 1 aliphatic rings. The van der Waals surface area contributed by atoms with Crippen molar-refractivity contribution in [3.63, 3.8) is 0 Å². The molecule has 0 spiro atoms. The van der Waals surface area contributed by atoms with E-state index >= 15 is 0 Å². The number of nitrogens with one attached hydrogen (secondary N) is 2. The average Bonchev–Trinajstić information content (AvgIpc) is 2.52. The molecule has 1 saturated carbocycles. The van der Waals surface area contributed by atoms with Gasteiger partial charge >= 0.3 is 0 Å². The highest BCUT2D eigenvalue weighted by atomic mass is 35.5. The molecule has 0 bridgehead atoms. The highest BCUT2D eigenvalue weighted by Gasteiger charge is 2.32. The van der Waals surface area contributed by atoms with Gasteiger partial charge in [0.15, 0.2) is 0 Å². The highest BCUT2D eigenvalue weighted by molar-refractivity contribution is 6.35. The van der Waals surface area contributed by atoms with Gasteiger partial charge in [0.25, 0.3) is 5.91 Å². The summed E-state index contributed by atoms with van der Waals surface area (Å²) < 4.78 is 0. The zero-order valence-electron chi connectivity index (χ0n) is 12.4. The van der Waals surface area contributed by atoms with Crippen molar-refractivity contribution in [3.8, 4) is 6.07 Å². The van der Waals surface area contributed by atoms with Crippen LogP contribution in [0, 0.1) is 17.2 Å². The maximum atomic E-state index is 12.4. The summed E-state index contributed by atoms with van der Waals surface area (Å²) in [5.41, 5.74) is 0.365. The number of hydrogen-bond donors (Lipinski definition) is 2. The average molecular weight is 354 g/mol. The highest BCUT2D eigenvalue weighted by Crippen LogP contribution is 2.25. The second-order valence-electron chi connectivity index (χ2n) is 5.50. The number of amides is 2. The van der Waals surface area contributed by atoms with Crippen LogP contribution in [0.25, 0.3) is 0 Å². The Morgan fingerprint density at radius 2 is 1.83 bits per heavy atom. The molecule has 2 amide bonds. The van der Waals surface area contributed by atoms with Gasteiger partial charge < -0.3 is 10.6 Å². The molecule has 122 valence electrons. The Morgan fingerprint density at radius 1 is 1.17 bits per heavy atom. The number of carbonyl (C=O) groups excluding carboxylic acids is 2. The molecule has 0 aliphatic heterocycles. The Bertz CT molecular complexity index is 622. The number of nitrogens with zero attached hydrogens (tertiary/aromatic N) is 1. The van der Waals surface area contributed by atoms with E-state index in [1.54, 1.807) is 6.07 Å². The number of carbonyl (C=O) groups is 2. The van der Waals surface area contributed by atoms with Crippen molar-refractivity contribution in [2.45, 2.75) is 31.7 Å². The molecule has 2 rings (SSSR count). The summed E-state index contributed by atoms with van der Waals surface area (Å²) in [6, 6.07) is 6.26. The van der Waals surface area contributed by atoms with Gasteiger partial charge in [-0.25, -0.2) is 0 Å². The van der Waals surface area contributed by atoms with Crippen molar-refractivity contribution in [1.82, 2.24) is 10.6 Å². The third-order valence-corrected chi connectivity index (χ3v) is 4.32. The summed E-state index contributed by atoms with van der Waals surface area (Å²) in [6.45, 7) is -0.0279. The fraction of sp³-hybridized carbons (Fsp3) is 0.438. The van der Waals surface area contributed by atoms with Crippen LogP contribution >= 0.6 is 23.2 Å². The van der Waals surface area contributed by atoms with E-state index in [2.05, 4.69) is 10.6 Å². The van der Waals surface area contributed by atoms with Crippen molar-refractivity contribution in [3.05, 3.63) is 33.8 Å². The topological polar surface area (TPSA) is 82.0 Å². The van der Waals surface area contributed by atoms with Gasteiger partial charge in [-0.2, -0.15) is 5.26 Å². The lowest BCUT2D eigenvalue weighted by molar-refractivity contribution is -0.126. The zero-order valence-corrected chi connectivity index (χ0v) is 14.0. The van der Waals surface area contributed by atoms with Crippen LogP contribution in [0.15, 0.2) is 18.2 Å². The van der Waals surface area contributed by atoms with E-state index in [0.29, 0.717) is 22.0 Å². The molecule has 2 unspecified atom stereocenters. The Kier molecular flexibility index (Phi) is 6.26. The van der Waals surface area contributed by atoms with Gasteiger partial charge in [0, 0.05) is 21.7 Å². The summed E-state index contributed by atoms with van der Waals surface area (Å²) in [4.78, 5) is 24.5. The molecule has 0 radical (unpaired) electrons. The number of benzene rings is 1. The largest absolute Gasteiger partial charge is 0.349 e. The second kappa shape index (κ2) is 8.19. The number of hydrogen-bond acceptors (Lipinski definition) is 3. The van der Waals surface area contributed by atoms with E-state index in [1.807, 2.05) is 6.07 Å². The van der Waals surface area contributed by atoms with Gasteiger partial charge in [-0.15, -0.1) is 0 Å². The fourth-order valence-corrected chi connectivity index (χ4v) is 3.34. The lowest BCUT2D eigenvalue weighted by Crippen LogP contribution is -2.48. The Morgan fingerprint density at radius 3 is 2.48 bits per heavy atom. The van der Waals surface area contributed by atoms with Crippen LogP contribution in [0.5, 0.6) is 0 Å². The second-order valence-corrected chi connectivity index (χ2v) is 6.38. The van der Waals surface area contributed by atoms with Crippen LogP contribution in [0.1, 0.15) is 36.0 Å². The monoisotopic (exact) mass is 353 g/mol. The summed E-state index contributed by atoms with van der Waals surface area (Å²) in [6.07, 6.45) is 3.30. The van der Waals surface area contributed by atoms with Gasteiger partial charge in [0.05, 0.1) is 12.0 Å². The molecule has 1 aromatic rings. The maximum Gasteiger partial charge on any atom is 0.251 e. The van der Waals surface area contributed by atoms with Crippen LogP contribution in [-0.2, 0) is 4.79 Å². The Hall–Kier alpha value is -1.77. The van der Waals surface area contributed by atoms with Gasteiger partial charge in [-0.3, -0.25) is 9.59 Å². The van der Waals surface area contributed by atoms with E-state index in [9.17, 15) is 9.59 Å². The van der Waals surface area contributed by atoms with Crippen molar-refractivity contribution in [2.75, 3.05) is 6.54 Å². The molecule has 0 aromatic heterocycles. The third kappa shape index (κ3) is 4.85. The minimum absolute atomic E-state index is 0.0279. The third-order valence-electron chi connectivity index (χ3n) is 3.89. The van der Waals surface area contributed by atoms with Crippen LogP contribution < -0.4 is 10.6 Å². The van der Waals surface area contributed by atoms with Crippen molar-refractivity contribution in [1.29, 1.82) is 5.26 Å². The molecule has 0 heterocycles. The first kappa shape index (κ1) is 17.6. The summed E-state index contributed by atoms with van der Waals surface area (Å²) in [7, 11) is 0. The van der Waals surface area contributed by atoms with Crippen LogP contribution in [-0.4, -0.2) is 24.4 Å². The van der Waals surface area contributed by atoms with Gasteiger partial charge in [0.2, 0.25) is 5.91 Å². The van der Waals surface area contributed by atoms with Gasteiger partial charge in [0.1, 0.15) is 6.54 Å². The Labute approximate surface area is 144 Å². The molecule has 1 fully saturated rings. The van der Waals surface area contributed by atoms with Crippen LogP contribution in [0.4, 0.5) is 0 Å². The van der Waals surface area contributed by atoms with E-state index < -0.39 is 0 Å².